The summed E-state index contributed by atoms with van der Waals surface area (Å²) < 4.78 is 30.6. The van der Waals surface area contributed by atoms with E-state index in [-0.39, 0.29) is 13.2 Å². The van der Waals surface area contributed by atoms with E-state index in [4.69, 9.17) is 15.1 Å². The summed E-state index contributed by atoms with van der Waals surface area (Å²) in [6.07, 6.45) is -1.00. The number of ether oxygens (including phenoxy) is 1. The van der Waals surface area contributed by atoms with Crippen molar-refractivity contribution in [2.45, 2.75) is 12.0 Å². The number of rotatable bonds is 8. The molecule has 0 spiro atoms. The number of para-hydroxylation sites is 1. The van der Waals surface area contributed by atoms with Crippen LogP contribution in [0.25, 0.3) is 0 Å². The molecule has 0 saturated heterocycles. The number of aliphatic hydroxyl groups is 2. The van der Waals surface area contributed by atoms with Crippen LogP contribution in [0.2, 0.25) is 0 Å². The van der Waals surface area contributed by atoms with Gasteiger partial charge in [0, 0.05) is 6.54 Å². The molecule has 1 atom stereocenters. The van der Waals surface area contributed by atoms with Crippen LogP contribution in [0, 0.1) is 11.3 Å². The maximum absolute atomic E-state index is 12.7. The summed E-state index contributed by atoms with van der Waals surface area (Å²) >= 11 is 0. The van der Waals surface area contributed by atoms with Crippen LogP contribution in [0.15, 0.2) is 24.3 Å². The number of hydrogen-bond donors (Lipinski definition) is 3. The maximum Gasteiger partial charge on any atom is 0.282 e. The number of halogens is 2. The summed E-state index contributed by atoms with van der Waals surface area (Å²) in [7, 11) is 0. The molecule has 1 aromatic rings. The Labute approximate surface area is 115 Å². The van der Waals surface area contributed by atoms with Gasteiger partial charge in [-0.25, -0.2) is 8.78 Å². The number of nitriles is 1. The zero-order chi connectivity index (χ0) is 15.0. The van der Waals surface area contributed by atoms with Crippen LogP contribution >= 0.6 is 0 Å². The topological polar surface area (TPSA) is 85.5 Å². The lowest BCUT2D eigenvalue weighted by Crippen LogP contribution is -2.40. The maximum atomic E-state index is 12.7. The summed E-state index contributed by atoms with van der Waals surface area (Å²) in [5.41, 5.74) is 0.333. The summed E-state index contributed by atoms with van der Waals surface area (Å²) in [5.74, 6) is -2.89. The highest BCUT2D eigenvalue weighted by molar-refractivity contribution is 5.42. The molecule has 0 aliphatic rings. The van der Waals surface area contributed by atoms with E-state index in [1.54, 1.807) is 24.3 Å². The molecule has 0 aromatic heterocycles. The van der Waals surface area contributed by atoms with Crippen molar-refractivity contribution in [2.24, 2.45) is 0 Å². The van der Waals surface area contributed by atoms with Gasteiger partial charge in [0.2, 0.25) is 0 Å². The largest absolute Gasteiger partial charge is 0.489 e. The summed E-state index contributed by atoms with van der Waals surface area (Å²) in [5, 5.41) is 29.1. The molecule has 0 saturated carbocycles. The number of benzene rings is 1. The molecule has 0 aliphatic heterocycles. The second-order valence-electron chi connectivity index (χ2n) is 4.22. The lowest BCUT2D eigenvalue weighted by atomic mass is 10.2. The first kappa shape index (κ1) is 16.3. The minimum absolute atomic E-state index is 0.107. The molecule has 0 amide bonds. The average molecular weight is 286 g/mol. The van der Waals surface area contributed by atoms with Crippen molar-refractivity contribution in [3.05, 3.63) is 29.8 Å². The van der Waals surface area contributed by atoms with Crippen molar-refractivity contribution >= 4 is 0 Å². The van der Waals surface area contributed by atoms with Gasteiger partial charge in [-0.05, 0) is 12.1 Å². The molecule has 0 aliphatic carbocycles. The van der Waals surface area contributed by atoms with Gasteiger partial charge in [-0.1, -0.05) is 12.1 Å². The van der Waals surface area contributed by atoms with Crippen LogP contribution in [0.5, 0.6) is 5.75 Å². The monoisotopic (exact) mass is 286 g/mol. The van der Waals surface area contributed by atoms with Crippen LogP contribution in [0.3, 0.4) is 0 Å². The van der Waals surface area contributed by atoms with E-state index in [0.29, 0.717) is 11.3 Å². The fraction of sp³-hybridized carbons (Fsp3) is 0.462. The molecule has 0 heterocycles. The first-order chi connectivity index (χ1) is 9.48. The number of aliphatic hydroxyl groups excluding tert-OH is 2. The number of nitrogens with zero attached hydrogens (tertiary/aromatic N) is 1. The summed E-state index contributed by atoms with van der Waals surface area (Å²) in [4.78, 5) is 0. The van der Waals surface area contributed by atoms with Gasteiger partial charge in [0.25, 0.3) is 5.92 Å². The van der Waals surface area contributed by atoms with Crippen molar-refractivity contribution < 1.29 is 23.7 Å². The van der Waals surface area contributed by atoms with Crippen molar-refractivity contribution in [2.75, 3.05) is 26.3 Å². The Balaban J connectivity index is 2.33. The van der Waals surface area contributed by atoms with E-state index in [9.17, 15) is 13.9 Å². The fourth-order valence-corrected chi connectivity index (χ4v) is 1.41. The van der Waals surface area contributed by atoms with Gasteiger partial charge in [0.15, 0.2) is 0 Å². The Morgan fingerprint density at radius 3 is 2.75 bits per heavy atom. The van der Waals surface area contributed by atoms with Gasteiger partial charge < -0.3 is 20.3 Å². The number of alkyl halides is 2. The predicted molar refractivity (Wildman–Crippen MR) is 67.6 cm³/mol. The molecule has 0 bridgehead atoms. The van der Waals surface area contributed by atoms with Crippen molar-refractivity contribution in [3.63, 3.8) is 0 Å². The van der Waals surface area contributed by atoms with Gasteiger partial charge in [-0.15, -0.1) is 0 Å². The molecule has 0 fully saturated rings. The SMILES string of the molecule is N#Cc1ccccc1OCC(O)CNCC(F)(F)CO. The molecule has 7 heteroatoms. The van der Waals surface area contributed by atoms with Gasteiger partial charge in [0.05, 0.1) is 12.1 Å². The summed E-state index contributed by atoms with van der Waals surface area (Å²) in [6, 6.07) is 8.46. The highest BCUT2D eigenvalue weighted by atomic mass is 19.3. The van der Waals surface area contributed by atoms with Crippen molar-refractivity contribution in [1.29, 1.82) is 5.26 Å². The molecule has 3 N–H and O–H groups in total. The van der Waals surface area contributed by atoms with E-state index in [1.165, 1.54) is 0 Å². The van der Waals surface area contributed by atoms with Gasteiger partial charge in [0.1, 0.15) is 31.1 Å². The Kier molecular flexibility index (Phi) is 6.31. The van der Waals surface area contributed by atoms with Gasteiger partial charge in [-0.3, -0.25) is 0 Å². The molecule has 5 nitrogen and oxygen atoms in total. The Hall–Kier alpha value is -1.75. The lowest BCUT2D eigenvalue weighted by Gasteiger charge is -2.17. The first-order valence-electron chi connectivity index (χ1n) is 5.98. The van der Waals surface area contributed by atoms with Crippen LogP contribution in [0.4, 0.5) is 8.78 Å². The molecule has 0 radical (unpaired) electrons. The van der Waals surface area contributed by atoms with Gasteiger partial charge in [-0.2, -0.15) is 5.26 Å². The molecule has 1 rings (SSSR count). The minimum Gasteiger partial charge on any atom is -0.489 e. The molecule has 110 valence electrons. The zero-order valence-corrected chi connectivity index (χ0v) is 10.7. The van der Waals surface area contributed by atoms with Crippen LogP contribution in [0.1, 0.15) is 5.56 Å². The smallest absolute Gasteiger partial charge is 0.282 e. The van der Waals surface area contributed by atoms with Crippen molar-refractivity contribution in [1.82, 2.24) is 5.32 Å². The third kappa shape index (κ3) is 5.48. The van der Waals surface area contributed by atoms with Gasteiger partial charge >= 0.3 is 0 Å². The van der Waals surface area contributed by atoms with E-state index in [2.05, 4.69) is 5.32 Å². The number of hydrogen-bond acceptors (Lipinski definition) is 5. The van der Waals surface area contributed by atoms with E-state index >= 15 is 0 Å². The third-order valence-electron chi connectivity index (χ3n) is 2.43. The Bertz CT molecular complexity index is 463. The predicted octanol–water partition coefficient (Wildman–Crippen LogP) is 0.515. The standard InChI is InChI=1S/C13H16F2N2O3/c14-13(15,9-18)8-17-6-11(19)7-20-12-4-2-1-3-10(12)5-16/h1-4,11,17-19H,6-9H2. The lowest BCUT2D eigenvalue weighted by molar-refractivity contribution is -0.0493. The highest BCUT2D eigenvalue weighted by Gasteiger charge is 2.27. The molecule has 1 unspecified atom stereocenters. The van der Waals surface area contributed by atoms with Crippen LogP contribution < -0.4 is 10.1 Å². The first-order valence-corrected chi connectivity index (χ1v) is 5.98. The van der Waals surface area contributed by atoms with Crippen molar-refractivity contribution in [3.8, 4) is 11.8 Å². The van der Waals surface area contributed by atoms with E-state index < -0.39 is 25.2 Å². The van der Waals surface area contributed by atoms with E-state index in [1.807, 2.05) is 6.07 Å². The Morgan fingerprint density at radius 2 is 2.10 bits per heavy atom. The zero-order valence-electron chi connectivity index (χ0n) is 10.7. The Morgan fingerprint density at radius 1 is 1.40 bits per heavy atom. The van der Waals surface area contributed by atoms with E-state index in [0.717, 1.165) is 0 Å². The number of nitrogens with one attached hydrogen (secondary N) is 1. The second kappa shape index (κ2) is 7.75. The molecule has 20 heavy (non-hydrogen) atoms. The quantitative estimate of drug-likeness (QED) is 0.648. The molecular formula is C13H16F2N2O3. The second-order valence-corrected chi connectivity index (χ2v) is 4.22. The van der Waals surface area contributed by atoms with Crippen LogP contribution in [-0.2, 0) is 0 Å². The minimum atomic E-state index is -3.21. The third-order valence-corrected chi connectivity index (χ3v) is 2.43. The highest BCUT2D eigenvalue weighted by Crippen LogP contribution is 2.16. The fourth-order valence-electron chi connectivity index (χ4n) is 1.41. The van der Waals surface area contributed by atoms with Crippen LogP contribution in [-0.4, -0.2) is 48.5 Å². The molecule has 1 aromatic carbocycles. The normalized spacial score (nSPS) is 12.8. The average Bonchev–Trinajstić information content (AvgIpc) is 2.45. The molecular weight excluding hydrogens is 270 g/mol. The summed E-state index contributed by atoms with van der Waals surface area (Å²) in [6.45, 7) is -2.21.